The maximum absolute atomic E-state index is 14.7. The number of fused-ring (bicyclic) bond motifs is 1. The molecule has 3 heterocycles. The summed E-state index contributed by atoms with van der Waals surface area (Å²) in [5.74, 6) is 0.526. The van der Waals surface area contributed by atoms with Gasteiger partial charge in [0.15, 0.2) is 5.65 Å². The van der Waals surface area contributed by atoms with E-state index in [-0.39, 0.29) is 11.4 Å². The summed E-state index contributed by atoms with van der Waals surface area (Å²) in [7, 11) is 0. The normalized spacial score (nSPS) is 16.0. The number of nitrogens with one attached hydrogen (secondary N) is 2. The summed E-state index contributed by atoms with van der Waals surface area (Å²) in [4.78, 5) is 13.7. The number of hydrogen-bond donors (Lipinski definition) is 2. The Morgan fingerprint density at radius 3 is 2.72 bits per heavy atom. The van der Waals surface area contributed by atoms with Gasteiger partial charge in [-0.05, 0) is 55.3 Å². The van der Waals surface area contributed by atoms with Crippen molar-refractivity contribution in [3.63, 3.8) is 0 Å². The Balaban J connectivity index is 1.54. The van der Waals surface area contributed by atoms with Crippen LogP contribution in [-0.4, -0.2) is 32.6 Å². The zero-order valence-electron chi connectivity index (χ0n) is 17.2. The number of anilines is 1. The molecule has 0 spiro atoms. The van der Waals surface area contributed by atoms with Crippen LogP contribution in [0.15, 0.2) is 48.7 Å². The highest BCUT2D eigenvalue weighted by atomic mass is 35.5. The fourth-order valence-electron chi connectivity index (χ4n) is 3.99. The number of hydrogen-bond acceptors (Lipinski definition) is 5. The second kappa shape index (κ2) is 8.80. The third-order valence-electron chi connectivity index (χ3n) is 5.64. The van der Waals surface area contributed by atoms with E-state index in [1.54, 1.807) is 30.5 Å². The molecular weight excluding hydrogens is 434 g/mol. The van der Waals surface area contributed by atoms with Gasteiger partial charge in [0.25, 0.3) is 0 Å². The lowest BCUT2D eigenvalue weighted by atomic mass is 10.1. The van der Waals surface area contributed by atoms with Crippen molar-refractivity contribution in [3.8, 4) is 11.4 Å². The number of benzene rings is 2. The fourth-order valence-corrected chi connectivity index (χ4v) is 4.24. The zero-order valence-corrected chi connectivity index (χ0v) is 17.9. The van der Waals surface area contributed by atoms with E-state index >= 15 is 0 Å². The minimum Gasteiger partial charge on any atom is -0.350 e. The Bertz CT molecular complexity index is 1230. The maximum Gasteiger partial charge on any atom is 0.225 e. The van der Waals surface area contributed by atoms with Gasteiger partial charge < -0.3 is 15.2 Å². The minimum atomic E-state index is -0.429. The third kappa shape index (κ3) is 4.16. The summed E-state index contributed by atoms with van der Waals surface area (Å²) >= 11 is 6.36. The number of rotatable bonds is 6. The molecular formula is C23H21ClF2N6. The molecule has 0 bridgehead atoms. The Labute approximate surface area is 188 Å². The monoisotopic (exact) mass is 454 g/mol. The maximum atomic E-state index is 14.7. The topological polar surface area (TPSA) is 67.7 Å². The average Bonchev–Trinajstić information content (AvgIpc) is 3.42. The van der Waals surface area contributed by atoms with Gasteiger partial charge in [0, 0.05) is 13.1 Å². The van der Waals surface area contributed by atoms with Crippen molar-refractivity contribution in [1.29, 1.82) is 0 Å². The van der Waals surface area contributed by atoms with Crippen molar-refractivity contribution in [2.24, 2.45) is 5.92 Å². The summed E-state index contributed by atoms with van der Waals surface area (Å²) < 4.78 is 29.8. The first-order valence-electron chi connectivity index (χ1n) is 10.4. The Kier molecular flexibility index (Phi) is 5.71. The molecule has 0 amide bonds. The van der Waals surface area contributed by atoms with Gasteiger partial charge in [-0.1, -0.05) is 29.8 Å². The SMILES string of the molecule is Fc1ccc(CNc2ncc3nc(-c4c(F)cccc4Cl)n(CC4CCNC4)c3n2)cc1. The van der Waals surface area contributed by atoms with Gasteiger partial charge in [-0.15, -0.1) is 0 Å². The average molecular weight is 455 g/mol. The number of imidazole rings is 1. The molecule has 0 aliphatic carbocycles. The second-order valence-electron chi connectivity index (χ2n) is 7.88. The minimum absolute atomic E-state index is 0.263. The number of halogens is 3. The van der Waals surface area contributed by atoms with Gasteiger partial charge in [-0.3, -0.25) is 0 Å². The summed E-state index contributed by atoms with van der Waals surface area (Å²) in [5, 5.41) is 6.83. The van der Waals surface area contributed by atoms with Crippen LogP contribution in [0.2, 0.25) is 5.02 Å². The summed E-state index contributed by atoms with van der Waals surface area (Å²) in [6.45, 7) is 2.91. The molecule has 5 rings (SSSR count). The molecule has 1 atom stereocenters. The van der Waals surface area contributed by atoms with Crippen LogP contribution in [-0.2, 0) is 13.1 Å². The predicted molar refractivity (Wildman–Crippen MR) is 120 cm³/mol. The van der Waals surface area contributed by atoms with Gasteiger partial charge in [0.1, 0.15) is 23.0 Å². The van der Waals surface area contributed by atoms with Crippen LogP contribution in [0.1, 0.15) is 12.0 Å². The molecule has 1 aliphatic rings. The molecule has 1 unspecified atom stereocenters. The fraction of sp³-hybridized carbons (Fsp3) is 0.261. The van der Waals surface area contributed by atoms with Gasteiger partial charge >= 0.3 is 0 Å². The Morgan fingerprint density at radius 2 is 1.97 bits per heavy atom. The van der Waals surface area contributed by atoms with E-state index in [4.69, 9.17) is 11.6 Å². The van der Waals surface area contributed by atoms with E-state index in [0.717, 1.165) is 25.1 Å². The van der Waals surface area contributed by atoms with Gasteiger partial charge in [0.05, 0.1) is 16.8 Å². The molecule has 32 heavy (non-hydrogen) atoms. The highest BCUT2D eigenvalue weighted by molar-refractivity contribution is 6.33. The van der Waals surface area contributed by atoms with Crippen LogP contribution >= 0.6 is 11.6 Å². The molecule has 6 nitrogen and oxygen atoms in total. The molecule has 9 heteroatoms. The highest BCUT2D eigenvalue weighted by Crippen LogP contribution is 2.33. The van der Waals surface area contributed by atoms with Crippen molar-refractivity contribution in [2.75, 3.05) is 18.4 Å². The van der Waals surface area contributed by atoms with E-state index in [1.807, 2.05) is 4.57 Å². The van der Waals surface area contributed by atoms with Crippen LogP contribution in [0.5, 0.6) is 0 Å². The van der Waals surface area contributed by atoms with Crippen LogP contribution in [0.25, 0.3) is 22.6 Å². The molecule has 0 radical (unpaired) electrons. The smallest absolute Gasteiger partial charge is 0.225 e. The summed E-state index contributed by atoms with van der Waals surface area (Å²) in [5.41, 5.74) is 2.35. The molecule has 2 aromatic carbocycles. The van der Waals surface area contributed by atoms with E-state index in [1.165, 1.54) is 18.2 Å². The predicted octanol–water partition coefficient (Wildman–Crippen LogP) is 4.65. The molecule has 2 N–H and O–H groups in total. The summed E-state index contributed by atoms with van der Waals surface area (Å²) in [6, 6.07) is 10.8. The number of nitrogens with zero attached hydrogens (tertiary/aromatic N) is 4. The van der Waals surface area contributed by atoms with Crippen LogP contribution < -0.4 is 10.6 Å². The van der Waals surface area contributed by atoms with E-state index in [0.29, 0.717) is 47.0 Å². The first-order chi connectivity index (χ1) is 15.6. The number of aromatic nitrogens is 4. The largest absolute Gasteiger partial charge is 0.350 e. The first-order valence-corrected chi connectivity index (χ1v) is 10.8. The lowest BCUT2D eigenvalue weighted by Gasteiger charge is -2.14. The van der Waals surface area contributed by atoms with E-state index in [2.05, 4.69) is 25.6 Å². The first kappa shape index (κ1) is 20.8. The van der Waals surface area contributed by atoms with Crippen LogP contribution in [0.3, 0.4) is 0 Å². The third-order valence-corrected chi connectivity index (χ3v) is 5.96. The lowest BCUT2D eigenvalue weighted by molar-refractivity contribution is 0.489. The van der Waals surface area contributed by atoms with E-state index < -0.39 is 5.82 Å². The van der Waals surface area contributed by atoms with Crippen molar-refractivity contribution < 1.29 is 8.78 Å². The Morgan fingerprint density at radius 1 is 1.12 bits per heavy atom. The van der Waals surface area contributed by atoms with Crippen molar-refractivity contribution >= 4 is 28.7 Å². The zero-order chi connectivity index (χ0) is 22.1. The molecule has 2 aromatic heterocycles. The highest BCUT2D eigenvalue weighted by Gasteiger charge is 2.24. The standard InChI is InChI=1S/C23H21ClF2N6/c24-17-2-1-3-18(26)20(17)22-30-19-12-29-23(28-11-14-4-6-16(25)7-5-14)31-21(19)32(22)13-15-8-9-27-10-15/h1-7,12,15,27H,8-11,13H2,(H,28,29,31). The van der Waals surface area contributed by atoms with E-state index in [9.17, 15) is 8.78 Å². The molecule has 164 valence electrons. The molecule has 4 aromatic rings. The Hall–Kier alpha value is -3.10. The quantitative estimate of drug-likeness (QED) is 0.444. The second-order valence-corrected chi connectivity index (χ2v) is 8.29. The van der Waals surface area contributed by atoms with Gasteiger partial charge in [-0.2, -0.15) is 4.98 Å². The lowest BCUT2D eigenvalue weighted by Crippen LogP contribution is -2.16. The molecule has 0 saturated carbocycles. The molecule has 1 fully saturated rings. The van der Waals surface area contributed by atoms with Gasteiger partial charge in [0.2, 0.25) is 5.95 Å². The molecule has 1 saturated heterocycles. The van der Waals surface area contributed by atoms with Crippen LogP contribution in [0.4, 0.5) is 14.7 Å². The van der Waals surface area contributed by atoms with Crippen molar-refractivity contribution in [1.82, 2.24) is 24.8 Å². The summed E-state index contributed by atoms with van der Waals surface area (Å²) in [6.07, 6.45) is 2.64. The molecule has 1 aliphatic heterocycles. The van der Waals surface area contributed by atoms with Crippen molar-refractivity contribution in [2.45, 2.75) is 19.5 Å². The van der Waals surface area contributed by atoms with Gasteiger partial charge in [-0.25, -0.2) is 18.7 Å². The van der Waals surface area contributed by atoms with Crippen molar-refractivity contribution in [3.05, 3.63) is 70.9 Å². The van der Waals surface area contributed by atoms with Crippen LogP contribution in [0, 0.1) is 17.6 Å².